The predicted molar refractivity (Wildman–Crippen MR) is 91.1 cm³/mol. The summed E-state index contributed by atoms with van der Waals surface area (Å²) in [6, 6.07) is 15.3. The fraction of sp³-hybridized carbons (Fsp3) is 0.235. The SMILES string of the molecule is C[C@H](NC(=O)CCS(=O)(=O)c1ccc(Cl)cc1)c1ccccc1. The van der Waals surface area contributed by atoms with Crippen molar-refractivity contribution in [2.24, 2.45) is 0 Å². The number of carbonyl (C=O) groups is 1. The van der Waals surface area contributed by atoms with E-state index in [0.29, 0.717) is 5.02 Å². The molecule has 0 aliphatic carbocycles. The minimum atomic E-state index is -3.49. The Balaban J connectivity index is 1.92. The first kappa shape index (κ1) is 17.5. The van der Waals surface area contributed by atoms with E-state index < -0.39 is 9.84 Å². The number of nitrogens with one attached hydrogen (secondary N) is 1. The van der Waals surface area contributed by atoms with Gasteiger partial charge in [-0.3, -0.25) is 4.79 Å². The maximum Gasteiger partial charge on any atom is 0.221 e. The van der Waals surface area contributed by atoms with Crippen molar-refractivity contribution in [3.05, 3.63) is 65.2 Å². The Morgan fingerprint density at radius 2 is 1.70 bits per heavy atom. The van der Waals surface area contributed by atoms with Crippen molar-refractivity contribution >= 4 is 27.3 Å². The van der Waals surface area contributed by atoms with Gasteiger partial charge in [0.25, 0.3) is 0 Å². The van der Waals surface area contributed by atoms with Gasteiger partial charge in [0.2, 0.25) is 5.91 Å². The van der Waals surface area contributed by atoms with Crippen molar-refractivity contribution in [1.82, 2.24) is 5.32 Å². The van der Waals surface area contributed by atoms with Gasteiger partial charge in [0.15, 0.2) is 9.84 Å². The molecule has 1 N–H and O–H groups in total. The predicted octanol–water partition coefficient (Wildman–Crippen LogP) is 3.38. The van der Waals surface area contributed by atoms with E-state index in [9.17, 15) is 13.2 Å². The number of benzene rings is 2. The average Bonchev–Trinajstić information content (AvgIpc) is 2.54. The smallest absolute Gasteiger partial charge is 0.221 e. The van der Waals surface area contributed by atoms with Crippen LogP contribution in [0.1, 0.15) is 24.9 Å². The van der Waals surface area contributed by atoms with Crippen LogP contribution in [0.25, 0.3) is 0 Å². The molecule has 1 atom stereocenters. The van der Waals surface area contributed by atoms with Gasteiger partial charge in [-0.05, 0) is 36.8 Å². The van der Waals surface area contributed by atoms with Crippen molar-refractivity contribution in [3.63, 3.8) is 0 Å². The van der Waals surface area contributed by atoms with E-state index in [4.69, 9.17) is 11.6 Å². The molecule has 0 unspecified atom stereocenters. The first-order chi connectivity index (χ1) is 10.9. The monoisotopic (exact) mass is 351 g/mol. The van der Waals surface area contributed by atoms with Crippen molar-refractivity contribution in [1.29, 1.82) is 0 Å². The number of carbonyl (C=O) groups excluding carboxylic acids is 1. The molecule has 2 rings (SSSR count). The van der Waals surface area contributed by atoms with Gasteiger partial charge in [0.1, 0.15) is 0 Å². The summed E-state index contributed by atoms with van der Waals surface area (Å²) >= 11 is 5.75. The molecule has 122 valence electrons. The highest BCUT2D eigenvalue weighted by molar-refractivity contribution is 7.91. The molecule has 2 aromatic carbocycles. The molecule has 0 aliphatic heterocycles. The lowest BCUT2D eigenvalue weighted by atomic mass is 10.1. The second-order valence-electron chi connectivity index (χ2n) is 5.22. The highest BCUT2D eigenvalue weighted by Crippen LogP contribution is 2.16. The Labute approximate surface area is 141 Å². The quantitative estimate of drug-likeness (QED) is 0.867. The van der Waals surface area contributed by atoms with Gasteiger partial charge in [0.05, 0.1) is 16.7 Å². The van der Waals surface area contributed by atoms with Crippen LogP contribution in [0.5, 0.6) is 0 Å². The summed E-state index contributed by atoms with van der Waals surface area (Å²) in [6.07, 6.45) is -0.0812. The molecule has 1 amide bonds. The third-order valence-electron chi connectivity index (χ3n) is 3.45. The van der Waals surface area contributed by atoms with Crippen molar-refractivity contribution in [3.8, 4) is 0 Å². The molecule has 0 aliphatic rings. The van der Waals surface area contributed by atoms with Crippen LogP contribution in [-0.2, 0) is 14.6 Å². The Hall–Kier alpha value is -1.85. The molecular weight excluding hydrogens is 334 g/mol. The number of halogens is 1. The fourth-order valence-corrected chi connectivity index (χ4v) is 3.49. The number of rotatable bonds is 6. The molecule has 0 spiro atoms. The van der Waals surface area contributed by atoms with E-state index in [0.717, 1.165) is 5.56 Å². The minimum absolute atomic E-state index is 0.0812. The van der Waals surface area contributed by atoms with E-state index in [1.165, 1.54) is 24.3 Å². The maximum atomic E-state index is 12.2. The second kappa shape index (κ2) is 7.62. The summed E-state index contributed by atoms with van der Waals surface area (Å²) in [5.41, 5.74) is 0.974. The van der Waals surface area contributed by atoms with Crippen LogP contribution in [0.15, 0.2) is 59.5 Å². The summed E-state index contributed by atoms with van der Waals surface area (Å²) in [4.78, 5) is 12.1. The van der Waals surface area contributed by atoms with Gasteiger partial charge < -0.3 is 5.32 Å². The standard InChI is InChI=1S/C17H18ClNO3S/c1-13(14-5-3-2-4-6-14)19-17(20)11-12-23(21,22)16-9-7-15(18)8-10-16/h2-10,13H,11-12H2,1H3,(H,19,20)/t13-/m0/s1. The van der Waals surface area contributed by atoms with Crippen LogP contribution in [0.3, 0.4) is 0 Å². The molecular formula is C17H18ClNO3S. The summed E-state index contributed by atoms with van der Waals surface area (Å²) in [5, 5.41) is 3.28. The van der Waals surface area contributed by atoms with Gasteiger partial charge in [-0.15, -0.1) is 0 Å². The van der Waals surface area contributed by atoms with Gasteiger partial charge in [-0.25, -0.2) is 8.42 Å². The molecule has 0 heterocycles. The molecule has 0 fully saturated rings. The van der Waals surface area contributed by atoms with Crippen molar-refractivity contribution in [2.75, 3.05) is 5.75 Å². The van der Waals surface area contributed by atoms with E-state index >= 15 is 0 Å². The first-order valence-electron chi connectivity index (χ1n) is 7.21. The van der Waals surface area contributed by atoms with Crippen LogP contribution in [0.2, 0.25) is 5.02 Å². The zero-order valence-electron chi connectivity index (χ0n) is 12.7. The Kier molecular flexibility index (Phi) is 5.80. The largest absolute Gasteiger partial charge is 0.350 e. The van der Waals surface area contributed by atoms with Gasteiger partial charge in [-0.1, -0.05) is 41.9 Å². The highest BCUT2D eigenvalue weighted by atomic mass is 35.5. The summed E-state index contributed by atoms with van der Waals surface area (Å²) < 4.78 is 24.4. The number of amides is 1. The van der Waals surface area contributed by atoms with Gasteiger partial charge in [0, 0.05) is 11.4 Å². The Morgan fingerprint density at radius 3 is 2.30 bits per heavy atom. The van der Waals surface area contributed by atoms with Crippen LogP contribution >= 0.6 is 11.6 Å². The van der Waals surface area contributed by atoms with Crippen molar-refractivity contribution < 1.29 is 13.2 Å². The highest BCUT2D eigenvalue weighted by Gasteiger charge is 2.17. The third kappa shape index (κ3) is 5.08. The molecule has 0 saturated carbocycles. The van der Waals surface area contributed by atoms with Crippen LogP contribution in [0, 0.1) is 0 Å². The average molecular weight is 352 g/mol. The summed E-state index contributed by atoms with van der Waals surface area (Å²) in [6.45, 7) is 1.86. The topological polar surface area (TPSA) is 63.2 Å². The van der Waals surface area contributed by atoms with Gasteiger partial charge >= 0.3 is 0 Å². The van der Waals surface area contributed by atoms with E-state index in [1.807, 2.05) is 37.3 Å². The van der Waals surface area contributed by atoms with Crippen LogP contribution in [0.4, 0.5) is 0 Å². The zero-order chi connectivity index (χ0) is 16.9. The molecule has 2 aromatic rings. The summed E-state index contributed by atoms with van der Waals surface area (Å²) in [5.74, 6) is -0.527. The number of hydrogen-bond acceptors (Lipinski definition) is 3. The molecule has 23 heavy (non-hydrogen) atoms. The molecule has 0 radical (unpaired) electrons. The van der Waals surface area contributed by atoms with Crippen LogP contribution < -0.4 is 5.32 Å². The van der Waals surface area contributed by atoms with E-state index in [-0.39, 0.29) is 29.0 Å². The molecule has 4 nitrogen and oxygen atoms in total. The molecule has 0 bridgehead atoms. The molecule has 0 aromatic heterocycles. The Morgan fingerprint density at radius 1 is 1.09 bits per heavy atom. The zero-order valence-corrected chi connectivity index (χ0v) is 14.3. The number of sulfone groups is 1. The van der Waals surface area contributed by atoms with E-state index in [2.05, 4.69) is 5.32 Å². The van der Waals surface area contributed by atoms with E-state index in [1.54, 1.807) is 0 Å². The third-order valence-corrected chi connectivity index (χ3v) is 5.43. The summed E-state index contributed by atoms with van der Waals surface area (Å²) in [7, 11) is -3.49. The lowest BCUT2D eigenvalue weighted by molar-refractivity contribution is -0.121. The number of hydrogen-bond donors (Lipinski definition) is 1. The Bertz CT molecular complexity index is 758. The minimum Gasteiger partial charge on any atom is -0.350 e. The first-order valence-corrected chi connectivity index (χ1v) is 9.24. The molecule has 6 heteroatoms. The second-order valence-corrected chi connectivity index (χ2v) is 7.77. The fourth-order valence-electron chi connectivity index (χ4n) is 2.13. The normalized spacial score (nSPS) is 12.6. The lowest BCUT2D eigenvalue weighted by Crippen LogP contribution is -2.28. The van der Waals surface area contributed by atoms with Crippen LogP contribution in [-0.4, -0.2) is 20.1 Å². The lowest BCUT2D eigenvalue weighted by Gasteiger charge is -2.14. The van der Waals surface area contributed by atoms with Gasteiger partial charge in [-0.2, -0.15) is 0 Å². The maximum absolute atomic E-state index is 12.2. The molecule has 0 saturated heterocycles. The van der Waals surface area contributed by atoms with Crippen molar-refractivity contribution in [2.45, 2.75) is 24.3 Å².